The van der Waals surface area contributed by atoms with Gasteiger partial charge in [-0.3, -0.25) is 0 Å². The number of carbonyl (C=O) groups is 1. The van der Waals surface area contributed by atoms with Crippen LogP contribution in [0.15, 0.2) is 6.20 Å². The molecule has 0 aliphatic carbocycles. The van der Waals surface area contributed by atoms with Gasteiger partial charge in [-0.05, 0) is 40.5 Å². The molecule has 2 N–H and O–H groups in total. The first-order chi connectivity index (χ1) is 13.6. The normalized spacial score (nSPS) is 24.4. The van der Waals surface area contributed by atoms with Crippen LogP contribution in [0.4, 0.5) is 4.79 Å². The molecule has 0 radical (unpaired) electrons. The number of ether oxygens (including phenoxy) is 3. The molecule has 0 spiro atoms. The van der Waals surface area contributed by atoms with Crippen molar-refractivity contribution < 1.29 is 29.2 Å². The number of amides is 1. The van der Waals surface area contributed by atoms with Gasteiger partial charge in [0.15, 0.2) is 5.79 Å². The molecular weight excluding hydrogens is 378 g/mol. The van der Waals surface area contributed by atoms with Gasteiger partial charge in [0, 0.05) is 30.8 Å². The van der Waals surface area contributed by atoms with Gasteiger partial charge in [0.25, 0.3) is 0 Å². The largest absolute Gasteiger partial charge is 0.465 e. The quantitative estimate of drug-likeness (QED) is 0.733. The van der Waals surface area contributed by atoms with E-state index in [0.717, 1.165) is 5.69 Å². The number of carboxylic acid groups (broad SMARTS) is 1. The minimum atomic E-state index is -1.28. The van der Waals surface area contributed by atoms with E-state index >= 15 is 0 Å². The molecule has 0 saturated carbocycles. The van der Waals surface area contributed by atoms with Crippen LogP contribution in [0, 0.1) is 6.92 Å². The molecule has 29 heavy (non-hydrogen) atoms. The summed E-state index contributed by atoms with van der Waals surface area (Å²) >= 11 is 0. The summed E-state index contributed by atoms with van der Waals surface area (Å²) in [6.07, 6.45) is 1.91. The van der Waals surface area contributed by atoms with Gasteiger partial charge in [-0.15, -0.1) is 0 Å². The molecule has 1 aromatic rings. The maximum absolute atomic E-state index is 11.2. The monoisotopic (exact) mass is 409 g/mol. The van der Waals surface area contributed by atoms with E-state index < -0.39 is 17.5 Å². The van der Waals surface area contributed by atoms with Crippen LogP contribution in [0.3, 0.4) is 0 Å². The summed E-state index contributed by atoms with van der Waals surface area (Å²) in [6, 6.07) is 0. The van der Waals surface area contributed by atoms with E-state index in [4.69, 9.17) is 19.3 Å². The van der Waals surface area contributed by atoms with Crippen molar-refractivity contribution in [2.75, 3.05) is 32.9 Å². The zero-order valence-corrected chi connectivity index (χ0v) is 17.6. The van der Waals surface area contributed by atoms with Crippen LogP contribution < -0.4 is 0 Å². The number of hydrogen-bond donors (Lipinski definition) is 2. The highest BCUT2D eigenvalue weighted by Crippen LogP contribution is 2.34. The summed E-state index contributed by atoms with van der Waals surface area (Å²) in [7, 11) is 0. The molecule has 2 saturated heterocycles. The second-order valence-electron chi connectivity index (χ2n) is 8.50. The molecule has 3 heterocycles. The fourth-order valence-corrected chi connectivity index (χ4v) is 3.87. The minimum Gasteiger partial charge on any atom is -0.465 e. The SMILES string of the molecule is Cc1ncc(C(C)(O)COCC2COC(C)(C)O2)c(C2CCN(C(=O)O)CC2)n1. The number of aliphatic hydroxyl groups is 1. The Balaban J connectivity index is 1.66. The number of likely N-dealkylation sites (tertiary alicyclic amines) is 1. The van der Waals surface area contributed by atoms with Crippen LogP contribution >= 0.6 is 0 Å². The second kappa shape index (κ2) is 8.51. The molecule has 3 rings (SSSR count). The van der Waals surface area contributed by atoms with Crippen molar-refractivity contribution in [3.63, 3.8) is 0 Å². The van der Waals surface area contributed by atoms with Gasteiger partial charge in [0.1, 0.15) is 17.5 Å². The van der Waals surface area contributed by atoms with Gasteiger partial charge in [-0.2, -0.15) is 0 Å². The molecule has 2 aliphatic heterocycles. The lowest BCUT2D eigenvalue weighted by molar-refractivity contribution is -0.148. The van der Waals surface area contributed by atoms with Gasteiger partial charge in [-0.1, -0.05) is 0 Å². The highest BCUT2D eigenvalue weighted by molar-refractivity contribution is 5.65. The second-order valence-corrected chi connectivity index (χ2v) is 8.50. The fraction of sp³-hybridized carbons (Fsp3) is 0.750. The van der Waals surface area contributed by atoms with Gasteiger partial charge in [-0.25, -0.2) is 14.8 Å². The molecule has 2 unspecified atom stereocenters. The topological polar surface area (TPSA) is 114 Å². The molecule has 2 aliphatic rings. The van der Waals surface area contributed by atoms with Gasteiger partial charge >= 0.3 is 6.09 Å². The maximum Gasteiger partial charge on any atom is 0.407 e. The van der Waals surface area contributed by atoms with Crippen molar-refractivity contribution in [1.29, 1.82) is 0 Å². The smallest absolute Gasteiger partial charge is 0.407 e. The van der Waals surface area contributed by atoms with Crippen molar-refractivity contribution in [3.8, 4) is 0 Å². The number of hydrogen-bond acceptors (Lipinski definition) is 7. The Morgan fingerprint density at radius 2 is 2.10 bits per heavy atom. The van der Waals surface area contributed by atoms with Crippen molar-refractivity contribution in [2.24, 2.45) is 0 Å². The van der Waals surface area contributed by atoms with Crippen molar-refractivity contribution in [3.05, 3.63) is 23.3 Å². The van der Waals surface area contributed by atoms with Crippen molar-refractivity contribution >= 4 is 6.09 Å². The Morgan fingerprint density at radius 3 is 2.69 bits per heavy atom. The van der Waals surface area contributed by atoms with E-state index in [1.54, 1.807) is 13.1 Å². The molecule has 2 fully saturated rings. The van der Waals surface area contributed by atoms with Crippen LogP contribution in [0.1, 0.15) is 56.6 Å². The summed E-state index contributed by atoms with van der Waals surface area (Å²) in [6.45, 7) is 8.96. The van der Waals surface area contributed by atoms with Crippen LogP contribution in [0.25, 0.3) is 0 Å². The predicted molar refractivity (Wildman–Crippen MR) is 104 cm³/mol. The number of rotatable bonds is 6. The lowest BCUT2D eigenvalue weighted by atomic mass is 9.86. The first kappa shape index (κ1) is 21.9. The Labute approximate surface area is 171 Å². The van der Waals surface area contributed by atoms with E-state index in [0.29, 0.717) is 50.5 Å². The average molecular weight is 409 g/mol. The van der Waals surface area contributed by atoms with Crippen molar-refractivity contribution in [1.82, 2.24) is 14.9 Å². The van der Waals surface area contributed by atoms with E-state index in [1.807, 2.05) is 20.8 Å². The van der Waals surface area contributed by atoms with E-state index in [9.17, 15) is 9.90 Å². The third-order valence-electron chi connectivity index (χ3n) is 5.43. The molecule has 162 valence electrons. The third-order valence-corrected chi connectivity index (χ3v) is 5.43. The molecule has 1 amide bonds. The lowest BCUT2D eigenvalue weighted by Gasteiger charge is -2.33. The number of nitrogens with zero attached hydrogens (tertiary/aromatic N) is 3. The summed E-state index contributed by atoms with van der Waals surface area (Å²) < 4.78 is 17.0. The first-order valence-corrected chi connectivity index (χ1v) is 10.0. The molecule has 1 aromatic heterocycles. The maximum atomic E-state index is 11.2. The van der Waals surface area contributed by atoms with Crippen LogP contribution in [-0.2, 0) is 19.8 Å². The Morgan fingerprint density at radius 1 is 1.41 bits per heavy atom. The fourth-order valence-electron chi connectivity index (χ4n) is 3.87. The highest BCUT2D eigenvalue weighted by atomic mass is 16.7. The van der Waals surface area contributed by atoms with Gasteiger partial charge in [0.2, 0.25) is 0 Å². The standard InChI is InChI=1S/C20H31N3O6/c1-13-21-9-16(17(22-13)14-5-7-23(8-6-14)18(24)25)20(4,26)12-27-10-15-11-28-19(2,3)29-15/h9,14-15,26H,5-8,10-12H2,1-4H3,(H,24,25). The average Bonchev–Trinajstić information content (AvgIpc) is 3.00. The van der Waals surface area contributed by atoms with Gasteiger partial charge < -0.3 is 29.3 Å². The van der Waals surface area contributed by atoms with Crippen LogP contribution in [0.5, 0.6) is 0 Å². The number of aromatic nitrogens is 2. The Hall–Kier alpha value is -1.81. The van der Waals surface area contributed by atoms with Crippen LogP contribution in [0.2, 0.25) is 0 Å². The summed E-state index contributed by atoms with van der Waals surface area (Å²) in [5.74, 6) is 0.0836. The van der Waals surface area contributed by atoms with E-state index in [-0.39, 0.29) is 18.6 Å². The van der Waals surface area contributed by atoms with E-state index in [2.05, 4.69) is 9.97 Å². The molecule has 2 atom stereocenters. The molecule has 0 aromatic carbocycles. The highest BCUT2D eigenvalue weighted by Gasteiger charge is 2.35. The van der Waals surface area contributed by atoms with Gasteiger partial charge in [0.05, 0.1) is 25.5 Å². The summed E-state index contributed by atoms with van der Waals surface area (Å²) in [4.78, 5) is 21.5. The molecular formula is C20H31N3O6. The summed E-state index contributed by atoms with van der Waals surface area (Å²) in [5.41, 5.74) is 0.126. The van der Waals surface area contributed by atoms with E-state index in [1.165, 1.54) is 4.90 Å². The Bertz CT molecular complexity index is 731. The number of piperidine rings is 1. The lowest BCUT2D eigenvalue weighted by Crippen LogP contribution is -2.38. The van der Waals surface area contributed by atoms with Crippen molar-refractivity contribution in [2.45, 2.75) is 63.9 Å². The Kier molecular flexibility index (Phi) is 6.42. The molecule has 9 nitrogen and oxygen atoms in total. The van der Waals surface area contributed by atoms with Crippen LogP contribution in [-0.4, -0.2) is 76.0 Å². The molecule has 9 heteroatoms. The molecule has 0 bridgehead atoms. The zero-order chi connectivity index (χ0) is 21.2. The minimum absolute atomic E-state index is 0.0701. The number of aryl methyl sites for hydroxylation is 1. The third kappa shape index (κ3) is 5.42. The predicted octanol–water partition coefficient (Wildman–Crippen LogP) is 2.02. The first-order valence-electron chi connectivity index (χ1n) is 10.0. The summed E-state index contributed by atoms with van der Waals surface area (Å²) in [5, 5.41) is 20.3. The zero-order valence-electron chi connectivity index (χ0n) is 17.6.